The van der Waals surface area contributed by atoms with E-state index in [-0.39, 0.29) is 22.3 Å². The summed E-state index contributed by atoms with van der Waals surface area (Å²) in [6.45, 7) is 5.30. The van der Waals surface area contributed by atoms with E-state index in [4.69, 9.17) is 16.6 Å². The average molecular weight is 532 g/mol. The number of nitrogens with one attached hydrogen (secondary N) is 1. The number of hydrogen-bond donors (Lipinski definition) is 2. The van der Waals surface area contributed by atoms with Gasteiger partial charge < -0.3 is 15.3 Å². The van der Waals surface area contributed by atoms with Crippen LogP contribution in [-0.4, -0.2) is 49.5 Å². The van der Waals surface area contributed by atoms with Gasteiger partial charge in [0, 0.05) is 36.8 Å². The van der Waals surface area contributed by atoms with Crippen molar-refractivity contribution in [1.29, 1.82) is 0 Å². The number of benzene rings is 2. The van der Waals surface area contributed by atoms with Gasteiger partial charge in [-0.05, 0) is 56.2 Å². The molecule has 1 amide bonds. The summed E-state index contributed by atoms with van der Waals surface area (Å²) in [5.74, 6) is -0.748. The third kappa shape index (κ3) is 4.61. The number of halogens is 1. The summed E-state index contributed by atoms with van der Waals surface area (Å²) in [6.07, 6.45) is 1.02. The Kier molecular flexibility index (Phi) is 6.62. The normalized spacial score (nSPS) is 13.7. The number of aromatic carboxylic acids is 1. The van der Waals surface area contributed by atoms with E-state index in [2.05, 4.69) is 10.3 Å². The third-order valence-corrected chi connectivity index (χ3v) is 7.00. The number of aryl methyl sites for hydroxylation is 1. The fourth-order valence-electron chi connectivity index (χ4n) is 4.63. The smallest absolute Gasteiger partial charge is 0.356 e. The maximum Gasteiger partial charge on any atom is 0.356 e. The number of likely N-dealkylation sites (tertiary alicyclic amines) is 1. The van der Waals surface area contributed by atoms with Crippen LogP contribution < -0.4 is 10.9 Å². The van der Waals surface area contributed by atoms with Crippen LogP contribution in [0.25, 0.3) is 22.3 Å². The minimum atomic E-state index is -1.21. The molecule has 1 saturated heterocycles. The molecule has 1 aliphatic heterocycles. The highest BCUT2D eigenvalue weighted by atomic mass is 35.5. The topological polar surface area (TPSA) is 117 Å². The van der Waals surface area contributed by atoms with Crippen molar-refractivity contribution in [3.05, 3.63) is 86.4 Å². The molecular formula is C28H26ClN5O4. The number of fused-ring (bicyclic) bond motifs is 1. The Labute approximate surface area is 223 Å². The van der Waals surface area contributed by atoms with E-state index < -0.39 is 12.0 Å². The fourth-order valence-corrected chi connectivity index (χ4v) is 4.78. The number of carboxylic acid groups (broad SMARTS) is 1. The Morgan fingerprint density at radius 3 is 2.42 bits per heavy atom. The summed E-state index contributed by atoms with van der Waals surface area (Å²) in [4.78, 5) is 48.3. The highest BCUT2D eigenvalue weighted by Gasteiger charge is 2.23. The van der Waals surface area contributed by atoms with Crippen molar-refractivity contribution in [3.63, 3.8) is 0 Å². The molecule has 2 aromatic carbocycles. The number of carbonyl (C=O) groups excluding carboxylic acids is 1. The molecule has 3 heterocycles. The van der Waals surface area contributed by atoms with Gasteiger partial charge in [0.15, 0.2) is 5.69 Å². The molecule has 2 N–H and O–H groups in total. The van der Waals surface area contributed by atoms with Crippen LogP contribution in [0.1, 0.15) is 51.4 Å². The Balaban J connectivity index is 1.57. The monoisotopic (exact) mass is 531 g/mol. The number of rotatable bonds is 6. The number of pyridine rings is 1. The second-order valence-electron chi connectivity index (χ2n) is 9.47. The number of carbonyl (C=O) groups is 2. The number of carboxylic acids is 1. The van der Waals surface area contributed by atoms with Crippen LogP contribution in [0.3, 0.4) is 0 Å². The first-order valence-electron chi connectivity index (χ1n) is 12.2. The van der Waals surface area contributed by atoms with Crippen molar-refractivity contribution in [2.24, 2.45) is 7.05 Å². The summed E-state index contributed by atoms with van der Waals surface area (Å²) >= 11 is 5.90. The number of aromatic nitrogens is 3. The molecular weight excluding hydrogens is 506 g/mol. The number of hydrogen-bond acceptors (Lipinski definition) is 6. The van der Waals surface area contributed by atoms with Crippen LogP contribution in [0, 0.1) is 6.92 Å². The van der Waals surface area contributed by atoms with E-state index in [0.29, 0.717) is 33.5 Å². The minimum Gasteiger partial charge on any atom is -0.476 e. The first kappa shape index (κ1) is 25.4. The molecule has 1 aliphatic rings. The second-order valence-corrected chi connectivity index (χ2v) is 9.86. The van der Waals surface area contributed by atoms with Gasteiger partial charge in [0.05, 0.1) is 22.6 Å². The lowest BCUT2D eigenvalue weighted by Crippen LogP contribution is -2.41. The Hall–Kier alpha value is -4.24. The predicted molar refractivity (Wildman–Crippen MR) is 146 cm³/mol. The van der Waals surface area contributed by atoms with Crippen molar-refractivity contribution in [2.45, 2.75) is 26.3 Å². The van der Waals surface area contributed by atoms with Crippen molar-refractivity contribution in [1.82, 2.24) is 19.4 Å². The van der Waals surface area contributed by atoms with E-state index in [1.165, 1.54) is 10.6 Å². The Bertz CT molecular complexity index is 1640. The second kappa shape index (κ2) is 9.90. The maximum absolute atomic E-state index is 13.4. The fraction of sp³-hybridized carbons (Fsp3) is 0.250. The van der Waals surface area contributed by atoms with E-state index in [0.717, 1.165) is 30.6 Å². The predicted octanol–water partition coefficient (Wildman–Crippen LogP) is 4.67. The van der Waals surface area contributed by atoms with Gasteiger partial charge in [-0.3, -0.25) is 14.2 Å². The van der Waals surface area contributed by atoms with Crippen LogP contribution in [0.5, 0.6) is 0 Å². The van der Waals surface area contributed by atoms with Gasteiger partial charge >= 0.3 is 5.97 Å². The summed E-state index contributed by atoms with van der Waals surface area (Å²) in [5, 5.41) is 13.3. The van der Waals surface area contributed by atoms with Gasteiger partial charge in [-0.2, -0.15) is 0 Å². The van der Waals surface area contributed by atoms with Crippen LogP contribution in [0.4, 0.5) is 5.69 Å². The zero-order valence-electron chi connectivity index (χ0n) is 21.2. The molecule has 4 aromatic rings. The lowest BCUT2D eigenvalue weighted by Gasteiger charge is -2.30. The van der Waals surface area contributed by atoms with Crippen molar-refractivity contribution < 1.29 is 14.7 Å². The molecule has 194 valence electrons. The van der Waals surface area contributed by atoms with Crippen LogP contribution in [0.15, 0.2) is 53.3 Å². The largest absolute Gasteiger partial charge is 0.476 e. The molecule has 0 aliphatic carbocycles. The van der Waals surface area contributed by atoms with Gasteiger partial charge in [-0.15, -0.1) is 0 Å². The summed E-state index contributed by atoms with van der Waals surface area (Å²) in [7, 11) is 1.67. The van der Waals surface area contributed by atoms with Crippen LogP contribution in [-0.2, 0) is 7.05 Å². The van der Waals surface area contributed by atoms with Gasteiger partial charge in [0.2, 0.25) is 0 Å². The van der Waals surface area contributed by atoms with Gasteiger partial charge in [-0.25, -0.2) is 14.8 Å². The van der Waals surface area contributed by atoms with E-state index >= 15 is 0 Å². The van der Waals surface area contributed by atoms with Gasteiger partial charge in [0.25, 0.3) is 11.5 Å². The highest BCUT2D eigenvalue weighted by Crippen LogP contribution is 2.29. The van der Waals surface area contributed by atoms with E-state index in [1.807, 2.05) is 19.9 Å². The quantitative estimate of drug-likeness (QED) is 0.347. The molecule has 0 spiro atoms. The van der Waals surface area contributed by atoms with Gasteiger partial charge in [-0.1, -0.05) is 29.8 Å². The van der Waals surface area contributed by atoms with Crippen LogP contribution >= 0.6 is 11.6 Å². The molecule has 2 aromatic heterocycles. The highest BCUT2D eigenvalue weighted by molar-refractivity contribution is 6.29. The van der Waals surface area contributed by atoms with Crippen molar-refractivity contribution in [2.75, 3.05) is 18.4 Å². The maximum atomic E-state index is 13.4. The number of nitrogens with zero attached hydrogens (tertiary/aromatic N) is 4. The number of amides is 1. The third-order valence-electron chi connectivity index (χ3n) is 6.79. The minimum absolute atomic E-state index is 0.00163. The average Bonchev–Trinajstić information content (AvgIpc) is 2.86. The van der Waals surface area contributed by atoms with E-state index in [1.54, 1.807) is 48.3 Å². The first-order valence-corrected chi connectivity index (χ1v) is 12.6. The first-order chi connectivity index (χ1) is 18.1. The molecule has 38 heavy (non-hydrogen) atoms. The molecule has 9 nitrogen and oxygen atoms in total. The SMILES string of the molecule is Cc1cc([C@@H](C)Nc2ccc(Cl)nc2C(=O)O)c2nc(-c3ccc(C(=O)N4CCC4)cc3)n(C)c(=O)c2c1. The van der Waals surface area contributed by atoms with Crippen molar-refractivity contribution in [3.8, 4) is 11.4 Å². The summed E-state index contributed by atoms with van der Waals surface area (Å²) < 4.78 is 1.50. The van der Waals surface area contributed by atoms with E-state index in [9.17, 15) is 19.5 Å². The number of anilines is 1. The standard InChI is InChI=1S/C28H26ClN5O4/c1-15-13-19(16(2)30-21-9-10-22(29)31-24(21)28(37)38)23-20(14-15)27(36)33(3)25(32-23)17-5-7-18(8-6-17)26(35)34-11-4-12-34/h5-10,13-14,16,30H,4,11-12H2,1-3H3,(H,37,38)/t16-/m1/s1. The molecule has 1 atom stereocenters. The van der Waals surface area contributed by atoms with Crippen LogP contribution in [0.2, 0.25) is 5.15 Å². The molecule has 5 rings (SSSR count). The Morgan fingerprint density at radius 1 is 1.08 bits per heavy atom. The molecule has 1 fully saturated rings. The molecule has 0 bridgehead atoms. The Morgan fingerprint density at radius 2 is 1.79 bits per heavy atom. The molecule has 0 saturated carbocycles. The van der Waals surface area contributed by atoms with Crippen molar-refractivity contribution >= 4 is 40.1 Å². The molecule has 0 radical (unpaired) electrons. The zero-order chi connectivity index (χ0) is 27.1. The zero-order valence-corrected chi connectivity index (χ0v) is 21.9. The summed E-state index contributed by atoms with van der Waals surface area (Å²) in [6, 6.07) is 13.5. The molecule has 0 unspecified atom stereocenters. The summed E-state index contributed by atoms with van der Waals surface area (Å²) in [5.41, 5.74) is 3.31. The molecule has 10 heteroatoms. The lowest BCUT2D eigenvalue weighted by molar-refractivity contribution is 0.0650. The lowest BCUT2D eigenvalue weighted by atomic mass is 10.0. The van der Waals surface area contributed by atoms with Gasteiger partial charge in [0.1, 0.15) is 11.0 Å².